The fraction of sp³-hybridized carbons (Fsp3) is 0.429. The Morgan fingerprint density at radius 3 is 2.52 bits per heavy atom. The summed E-state index contributed by atoms with van der Waals surface area (Å²) in [7, 11) is 1.29. The fourth-order valence-electron chi connectivity index (χ4n) is 1.98. The molecule has 21 heavy (non-hydrogen) atoms. The Balaban J connectivity index is 3.11. The van der Waals surface area contributed by atoms with Gasteiger partial charge in [-0.05, 0) is 48.1 Å². The van der Waals surface area contributed by atoms with Gasteiger partial charge in [-0.25, -0.2) is 4.79 Å². The molecule has 1 N–H and O–H groups in total. The van der Waals surface area contributed by atoms with Gasteiger partial charge in [0.1, 0.15) is 5.54 Å². The van der Waals surface area contributed by atoms with Crippen LogP contribution in [0.25, 0.3) is 0 Å². The van der Waals surface area contributed by atoms with E-state index >= 15 is 0 Å². The molecule has 7 heteroatoms. The fourth-order valence-corrected chi connectivity index (χ4v) is 3.03. The lowest BCUT2D eigenvalue weighted by molar-refractivity contribution is -0.147. The minimum absolute atomic E-state index is 0.333. The van der Waals surface area contributed by atoms with Crippen LogP contribution in [0.1, 0.15) is 37.0 Å². The highest BCUT2D eigenvalue weighted by Crippen LogP contribution is 2.27. The minimum atomic E-state index is -1.08. The van der Waals surface area contributed by atoms with Crippen LogP contribution in [-0.2, 0) is 9.53 Å². The van der Waals surface area contributed by atoms with Crippen molar-refractivity contribution in [2.45, 2.75) is 32.2 Å². The van der Waals surface area contributed by atoms with Gasteiger partial charge < -0.3 is 10.1 Å². The molecule has 1 aromatic carbocycles. The lowest BCUT2D eigenvalue weighted by atomic mass is 9.95. The number of hydrogen-bond donors (Lipinski definition) is 1. The molecule has 0 aromatic heterocycles. The molecule has 0 fully saturated rings. The molecule has 1 atom stereocenters. The summed E-state index contributed by atoms with van der Waals surface area (Å²) in [4.78, 5) is 24.4. The van der Waals surface area contributed by atoms with Crippen molar-refractivity contribution >= 4 is 57.7 Å². The molecule has 0 radical (unpaired) electrons. The molecule has 1 rings (SSSR count). The highest BCUT2D eigenvalue weighted by molar-refractivity contribution is 14.1. The predicted octanol–water partition coefficient (Wildman–Crippen LogP) is 4.06. The molecule has 4 nitrogen and oxygen atoms in total. The summed E-state index contributed by atoms with van der Waals surface area (Å²) in [5.74, 6) is -0.897. The Labute approximate surface area is 147 Å². The third-order valence-electron chi connectivity index (χ3n) is 3.01. The number of halogens is 3. The largest absolute Gasteiger partial charge is 0.467 e. The summed E-state index contributed by atoms with van der Waals surface area (Å²) in [5, 5.41) is 3.48. The topological polar surface area (TPSA) is 55.4 Å². The zero-order valence-electron chi connectivity index (χ0n) is 11.9. The number of carbonyl (C=O) groups excluding carboxylic acids is 2. The summed E-state index contributed by atoms with van der Waals surface area (Å²) < 4.78 is 5.36. The second-order valence-corrected chi connectivity index (χ2v) is 6.70. The minimum Gasteiger partial charge on any atom is -0.467 e. The van der Waals surface area contributed by atoms with Gasteiger partial charge in [0.25, 0.3) is 5.91 Å². The quantitative estimate of drug-likeness (QED) is 0.424. The Bertz CT molecular complexity index is 565. The van der Waals surface area contributed by atoms with Crippen molar-refractivity contribution in [1.29, 1.82) is 0 Å². The van der Waals surface area contributed by atoms with Gasteiger partial charge in [0, 0.05) is 8.59 Å². The maximum atomic E-state index is 12.4. The number of esters is 1. The van der Waals surface area contributed by atoms with Crippen molar-refractivity contribution in [3.63, 3.8) is 0 Å². The molecule has 0 aliphatic rings. The number of carbonyl (C=O) groups is 2. The molecule has 0 aliphatic carbocycles. The summed E-state index contributed by atoms with van der Waals surface area (Å²) in [6, 6.07) is 3.08. The lowest BCUT2D eigenvalue weighted by Gasteiger charge is -2.27. The zero-order valence-corrected chi connectivity index (χ0v) is 15.6. The van der Waals surface area contributed by atoms with Gasteiger partial charge in [-0.1, -0.05) is 36.5 Å². The van der Waals surface area contributed by atoms with Gasteiger partial charge in [-0.15, -0.1) is 0 Å². The molecule has 1 unspecified atom stereocenters. The highest BCUT2D eigenvalue weighted by atomic mass is 127. The molecule has 0 saturated heterocycles. The zero-order chi connectivity index (χ0) is 16.2. The first-order valence-electron chi connectivity index (χ1n) is 6.30. The van der Waals surface area contributed by atoms with Crippen LogP contribution in [-0.4, -0.2) is 24.5 Å². The van der Waals surface area contributed by atoms with E-state index in [0.717, 1.165) is 6.42 Å². The average Bonchev–Trinajstić information content (AvgIpc) is 2.41. The van der Waals surface area contributed by atoms with Crippen molar-refractivity contribution in [1.82, 2.24) is 5.32 Å². The second-order valence-electron chi connectivity index (χ2n) is 4.78. The Morgan fingerprint density at radius 1 is 1.38 bits per heavy atom. The number of methoxy groups -OCH3 is 1. The van der Waals surface area contributed by atoms with Crippen molar-refractivity contribution in [3.05, 3.63) is 31.3 Å². The van der Waals surface area contributed by atoms with Gasteiger partial charge >= 0.3 is 5.97 Å². The molecule has 0 saturated carbocycles. The van der Waals surface area contributed by atoms with Crippen molar-refractivity contribution in [3.8, 4) is 0 Å². The molecular formula is C14H16Cl2INO3. The number of ether oxygens (including phenoxy) is 1. The van der Waals surface area contributed by atoms with E-state index in [1.807, 2.05) is 29.5 Å². The maximum absolute atomic E-state index is 12.4. The van der Waals surface area contributed by atoms with Gasteiger partial charge in [0.05, 0.1) is 17.7 Å². The Hall–Kier alpha value is -0.530. The van der Waals surface area contributed by atoms with E-state index in [0.29, 0.717) is 25.6 Å². The number of hydrogen-bond acceptors (Lipinski definition) is 3. The number of nitrogens with one attached hydrogen (secondary N) is 1. The Kier molecular flexibility index (Phi) is 6.74. The van der Waals surface area contributed by atoms with Crippen LogP contribution in [0.3, 0.4) is 0 Å². The van der Waals surface area contributed by atoms with E-state index in [2.05, 4.69) is 5.32 Å². The molecule has 116 valence electrons. The first-order chi connectivity index (χ1) is 9.75. The molecule has 0 bridgehead atoms. The predicted molar refractivity (Wildman–Crippen MR) is 92.0 cm³/mol. The van der Waals surface area contributed by atoms with Gasteiger partial charge in [-0.3, -0.25) is 4.79 Å². The highest BCUT2D eigenvalue weighted by Gasteiger charge is 2.35. The van der Waals surface area contributed by atoms with Gasteiger partial charge in [0.2, 0.25) is 0 Å². The average molecular weight is 444 g/mol. The molecule has 1 aromatic rings. The van der Waals surface area contributed by atoms with Crippen LogP contribution >= 0.6 is 45.8 Å². The van der Waals surface area contributed by atoms with Crippen molar-refractivity contribution in [2.24, 2.45) is 0 Å². The molecule has 0 spiro atoms. The molecule has 0 heterocycles. The van der Waals surface area contributed by atoms with Crippen molar-refractivity contribution < 1.29 is 14.3 Å². The monoisotopic (exact) mass is 443 g/mol. The number of rotatable bonds is 5. The second kappa shape index (κ2) is 7.65. The van der Waals surface area contributed by atoms with E-state index in [1.165, 1.54) is 13.2 Å². The third kappa shape index (κ3) is 4.47. The van der Waals surface area contributed by atoms with E-state index in [-0.39, 0.29) is 0 Å². The molecule has 0 aliphatic heterocycles. The van der Waals surface area contributed by atoms with Crippen LogP contribution in [0.5, 0.6) is 0 Å². The first-order valence-corrected chi connectivity index (χ1v) is 8.14. The normalized spacial score (nSPS) is 13.4. The summed E-state index contributed by atoms with van der Waals surface area (Å²) in [6.45, 7) is 3.56. The smallest absolute Gasteiger partial charge is 0.331 e. The van der Waals surface area contributed by atoms with E-state index in [1.54, 1.807) is 13.0 Å². The van der Waals surface area contributed by atoms with E-state index in [4.69, 9.17) is 27.9 Å². The van der Waals surface area contributed by atoms with Crippen molar-refractivity contribution in [2.75, 3.05) is 7.11 Å². The van der Waals surface area contributed by atoms with Crippen LogP contribution < -0.4 is 5.32 Å². The summed E-state index contributed by atoms with van der Waals surface area (Å²) in [5.41, 5.74) is -0.752. The van der Waals surface area contributed by atoms with Crippen LogP contribution in [0.4, 0.5) is 0 Å². The Morgan fingerprint density at radius 2 is 2.00 bits per heavy atom. The number of amides is 1. The molecular weight excluding hydrogens is 428 g/mol. The van der Waals surface area contributed by atoms with Crippen LogP contribution in [0.2, 0.25) is 10.0 Å². The van der Waals surface area contributed by atoms with Gasteiger partial charge in [-0.2, -0.15) is 0 Å². The summed E-state index contributed by atoms with van der Waals surface area (Å²) >= 11 is 13.9. The van der Waals surface area contributed by atoms with E-state index in [9.17, 15) is 9.59 Å². The standard InChI is InChI=1S/C14H16Cl2INO3/c1-4-5-14(2,13(20)21-3)18-12(19)9-6-8(15)7-10(16)11(9)17/h6-7H,4-5H2,1-3H3,(H,18,19). The maximum Gasteiger partial charge on any atom is 0.331 e. The first kappa shape index (κ1) is 18.5. The SMILES string of the molecule is CCCC(C)(NC(=O)c1cc(Cl)cc(Cl)c1I)C(=O)OC. The van der Waals surface area contributed by atoms with Gasteiger partial charge in [0.15, 0.2) is 0 Å². The third-order valence-corrected chi connectivity index (χ3v) is 5.01. The summed E-state index contributed by atoms with van der Waals surface area (Å²) in [6.07, 6.45) is 1.19. The molecule has 1 amide bonds. The van der Waals surface area contributed by atoms with E-state index < -0.39 is 17.4 Å². The van der Waals surface area contributed by atoms with Crippen LogP contribution in [0.15, 0.2) is 12.1 Å². The van der Waals surface area contributed by atoms with Crippen LogP contribution in [0, 0.1) is 3.57 Å². The lowest BCUT2D eigenvalue weighted by Crippen LogP contribution is -2.52. The number of benzene rings is 1.